The zero-order chi connectivity index (χ0) is 25.1. The summed E-state index contributed by atoms with van der Waals surface area (Å²) in [7, 11) is 2.12. The van der Waals surface area contributed by atoms with Gasteiger partial charge in [0, 0.05) is 35.5 Å². The number of rotatable bonds is 6. The van der Waals surface area contributed by atoms with Gasteiger partial charge in [-0.15, -0.1) is 0 Å². The molecule has 0 aliphatic rings. The van der Waals surface area contributed by atoms with E-state index in [0.29, 0.717) is 0 Å². The van der Waals surface area contributed by atoms with E-state index in [1.807, 2.05) is 0 Å². The van der Waals surface area contributed by atoms with Crippen molar-refractivity contribution in [3.05, 3.63) is 138 Å². The molecule has 0 aliphatic carbocycles. The van der Waals surface area contributed by atoms with Crippen molar-refractivity contribution in [3.8, 4) is 11.1 Å². The molecule has 0 bridgehead atoms. The van der Waals surface area contributed by atoms with Gasteiger partial charge in [0.2, 0.25) is 0 Å². The average molecular weight is 469 g/mol. The highest BCUT2D eigenvalue weighted by atomic mass is 15.1. The molecule has 0 radical (unpaired) electrons. The fourth-order valence-corrected chi connectivity index (χ4v) is 4.86. The van der Waals surface area contributed by atoms with Gasteiger partial charge in [-0.25, -0.2) is 0 Å². The minimum atomic E-state index is 1.16. The second-order valence-electron chi connectivity index (χ2n) is 9.41. The first kappa shape index (κ1) is 23.4. The summed E-state index contributed by atoms with van der Waals surface area (Å²) in [6.45, 7) is 6.53. The van der Waals surface area contributed by atoms with Gasteiger partial charge in [-0.3, -0.25) is 0 Å². The predicted octanol–water partition coefficient (Wildman–Crippen LogP) is 9.52. The lowest BCUT2D eigenvalue weighted by Crippen LogP contribution is -2.11. The van der Waals surface area contributed by atoms with Gasteiger partial charge in [-0.1, -0.05) is 60.7 Å². The Morgan fingerprint density at radius 1 is 0.444 bits per heavy atom. The van der Waals surface area contributed by atoms with Crippen molar-refractivity contribution < 1.29 is 0 Å². The summed E-state index contributed by atoms with van der Waals surface area (Å²) in [4.78, 5) is 4.59. The molecule has 0 N–H and O–H groups in total. The summed E-state index contributed by atoms with van der Waals surface area (Å²) < 4.78 is 0. The van der Waals surface area contributed by atoms with Gasteiger partial charge in [0.25, 0.3) is 0 Å². The van der Waals surface area contributed by atoms with E-state index in [2.05, 4.69) is 159 Å². The summed E-state index contributed by atoms with van der Waals surface area (Å²) in [5.74, 6) is 0. The molecule has 0 unspecified atom stereocenters. The topological polar surface area (TPSA) is 6.48 Å². The Bertz CT molecular complexity index is 1470. The zero-order valence-corrected chi connectivity index (χ0v) is 21.4. The third-order valence-electron chi connectivity index (χ3n) is 6.75. The number of para-hydroxylation sites is 2. The number of benzene rings is 5. The van der Waals surface area contributed by atoms with Gasteiger partial charge in [0.05, 0.1) is 0 Å². The van der Waals surface area contributed by atoms with Crippen molar-refractivity contribution >= 4 is 28.4 Å². The maximum absolute atomic E-state index is 2.34. The molecule has 0 saturated carbocycles. The molecule has 0 fully saturated rings. The van der Waals surface area contributed by atoms with Crippen molar-refractivity contribution in [2.24, 2.45) is 0 Å². The van der Waals surface area contributed by atoms with Crippen LogP contribution in [-0.4, -0.2) is 7.05 Å². The van der Waals surface area contributed by atoms with E-state index in [-0.39, 0.29) is 0 Å². The molecule has 0 saturated heterocycles. The molecule has 36 heavy (non-hydrogen) atoms. The summed E-state index contributed by atoms with van der Waals surface area (Å²) in [6, 6.07) is 43.3. The Kier molecular flexibility index (Phi) is 6.60. The molecule has 178 valence electrons. The standard InChI is InChI=1S/C34H32N2/c1-25-12-11-17-32(22-25)36(31-15-9-6-10-16-31)34-21-19-29(24-27(34)3)28-18-20-33(26(2)23-28)35(4)30-13-7-5-8-14-30/h5-24H,1-4H3. The molecule has 0 heterocycles. The van der Waals surface area contributed by atoms with Crippen LogP contribution in [0.1, 0.15) is 16.7 Å². The Morgan fingerprint density at radius 3 is 1.53 bits per heavy atom. The smallest absolute Gasteiger partial charge is 0.0491 e. The molecule has 5 aromatic rings. The molecule has 0 aromatic heterocycles. The van der Waals surface area contributed by atoms with E-state index in [0.717, 1.165) is 5.69 Å². The van der Waals surface area contributed by atoms with Crippen LogP contribution in [0.4, 0.5) is 28.4 Å². The number of aryl methyl sites for hydroxylation is 3. The van der Waals surface area contributed by atoms with Crippen LogP contribution in [0.15, 0.2) is 121 Å². The third-order valence-corrected chi connectivity index (χ3v) is 6.75. The monoisotopic (exact) mass is 468 g/mol. The van der Waals surface area contributed by atoms with Crippen LogP contribution in [0.3, 0.4) is 0 Å². The lowest BCUT2D eigenvalue weighted by Gasteiger charge is -2.27. The SMILES string of the molecule is Cc1cccc(N(c2ccccc2)c2ccc(-c3ccc(N(C)c4ccccc4)c(C)c3)cc2C)c1. The largest absolute Gasteiger partial charge is 0.344 e. The van der Waals surface area contributed by atoms with Crippen LogP contribution < -0.4 is 9.80 Å². The Morgan fingerprint density at radius 2 is 0.972 bits per heavy atom. The maximum Gasteiger partial charge on any atom is 0.0491 e. The molecular formula is C34H32N2. The molecule has 5 rings (SSSR count). The minimum absolute atomic E-state index is 1.16. The summed E-state index contributed by atoms with van der Waals surface area (Å²) in [5, 5.41) is 0. The number of hydrogen-bond acceptors (Lipinski definition) is 2. The number of nitrogens with zero attached hydrogens (tertiary/aromatic N) is 2. The Labute approximate surface area is 215 Å². The molecule has 0 spiro atoms. The fourth-order valence-electron chi connectivity index (χ4n) is 4.86. The van der Waals surface area contributed by atoms with Crippen molar-refractivity contribution in [2.75, 3.05) is 16.8 Å². The second kappa shape index (κ2) is 10.1. The molecule has 2 heteroatoms. The highest BCUT2D eigenvalue weighted by Gasteiger charge is 2.16. The first-order valence-electron chi connectivity index (χ1n) is 12.4. The van der Waals surface area contributed by atoms with Gasteiger partial charge in [0.15, 0.2) is 0 Å². The van der Waals surface area contributed by atoms with Crippen molar-refractivity contribution in [1.29, 1.82) is 0 Å². The highest BCUT2D eigenvalue weighted by Crippen LogP contribution is 2.38. The van der Waals surface area contributed by atoms with E-state index in [1.165, 1.54) is 50.6 Å². The summed E-state index contributed by atoms with van der Waals surface area (Å²) in [6.07, 6.45) is 0. The zero-order valence-electron chi connectivity index (χ0n) is 21.4. The van der Waals surface area contributed by atoms with Crippen LogP contribution in [0.5, 0.6) is 0 Å². The van der Waals surface area contributed by atoms with E-state index in [4.69, 9.17) is 0 Å². The van der Waals surface area contributed by atoms with Crippen molar-refractivity contribution in [2.45, 2.75) is 20.8 Å². The van der Waals surface area contributed by atoms with Crippen molar-refractivity contribution in [3.63, 3.8) is 0 Å². The summed E-state index contributed by atoms with van der Waals surface area (Å²) in [5.41, 5.74) is 12.1. The summed E-state index contributed by atoms with van der Waals surface area (Å²) >= 11 is 0. The molecule has 0 amide bonds. The van der Waals surface area contributed by atoms with Gasteiger partial charge < -0.3 is 9.80 Å². The Balaban J connectivity index is 1.51. The fraction of sp³-hybridized carbons (Fsp3) is 0.118. The van der Waals surface area contributed by atoms with Gasteiger partial charge in [-0.05, 0) is 109 Å². The van der Waals surface area contributed by atoms with E-state index in [1.54, 1.807) is 0 Å². The highest BCUT2D eigenvalue weighted by molar-refractivity contribution is 5.81. The van der Waals surface area contributed by atoms with Crippen LogP contribution in [-0.2, 0) is 0 Å². The molecule has 2 nitrogen and oxygen atoms in total. The quantitative estimate of drug-likeness (QED) is 0.245. The van der Waals surface area contributed by atoms with Crippen LogP contribution in [0, 0.1) is 20.8 Å². The van der Waals surface area contributed by atoms with Gasteiger partial charge in [-0.2, -0.15) is 0 Å². The molecule has 0 atom stereocenters. The lowest BCUT2D eigenvalue weighted by molar-refractivity contribution is 1.18. The third kappa shape index (κ3) is 4.76. The Hall–Kier alpha value is -4.30. The normalized spacial score (nSPS) is 10.8. The van der Waals surface area contributed by atoms with E-state index < -0.39 is 0 Å². The first-order chi connectivity index (χ1) is 17.5. The number of hydrogen-bond donors (Lipinski definition) is 0. The van der Waals surface area contributed by atoms with E-state index >= 15 is 0 Å². The van der Waals surface area contributed by atoms with Crippen LogP contribution in [0.25, 0.3) is 11.1 Å². The van der Waals surface area contributed by atoms with E-state index in [9.17, 15) is 0 Å². The van der Waals surface area contributed by atoms with Crippen molar-refractivity contribution in [1.82, 2.24) is 0 Å². The lowest BCUT2D eigenvalue weighted by atomic mass is 9.98. The minimum Gasteiger partial charge on any atom is -0.344 e. The van der Waals surface area contributed by atoms with Crippen LogP contribution >= 0.6 is 0 Å². The first-order valence-corrected chi connectivity index (χ1v) is 12.4. The maximum atomic E-state index is 2.34. The number of anilines is 5. The van der Waals surface area contributed by atoms with Crippen LogP contribution in [0.2, 0.25) is 0 Å². The average Bonchev–Trinajstić information content (AvgIpc) is 2.90. The van der Waals surface area contributed by atoms with Gasteiger partial charge in [0.1, 0.15) is 0 Å². The van der Waals surface area contributed by atoms with Gasteiger partial charge >= 0.3 is 0 Å². The molecular weight excluding hydrogens is 436 g/mol. The predicted molar refractivity (Wildman–Crippen MR) is 155 cm³/mol. The second-order valence-corrected chi connectivity index (χ2v) is 9.41. The molecule has 0 aliphatic heterocycles. The molecule has 5 aromatic carbocycles.